The van der Waals surface area contributed by atoms with Crippen LogP contribution < -0.4 is 0 Å². The molecule has 1 aromatic heterocycles. The Hall–Kier alpha value is -1.36. The molecule has 0 aliphatic rings. The fourth-order valence-electron chi connectivity index (χ4n) is 1.23. The first kappa shape index (κ1) is 8.73. The van der Waals surface area contributed by atoms with E-state index in [9.17, 15) is 0 Å². The minimum atomic E-state index is -0.410. The standard InChI is InChI=1S/C10H12N2/c1-8-6-12-5-4-9(8)10(2,3)7-11/h4-6H,1-3H3. The van der Waals surface area contributed by atoms with E-state index in [0.717, 1.165) is 11.1 Å². The second-order valence-corrected chi connectivity index (χ2v) is 3.43. The minimum absolute atomic E-state index is 0.410. The van der Waals surface area contributed by atoms with Crippen LogP contribution in [0.2, 0.25) is 0 Å². The Morgan fingerprint density at radius 1 is 1.50 bits per heavy atom. The quantitative estimate of drug-likeness (QED) is 0.631. The van der Waals surface area contributed by atoms with E-state index in [4.69, 9.17) is 5.26 Å². The summed E-state index contributed by atoms with van der Waals surface area (Å²) in [6, 6.07) is 4.17. The van der Waals surface area contributed by atoms with Crippen molar-refractivity contribution in [1.82, 2.24) is 4.98 Å². The first-order valence-electron chi connectivity index (χ1n) is 3.90. The largest absolute Gasteiger partial charge is 0.264 e. The molecule has 1 heterocycles. The van der Waals surface area contributed by atoms with Gasteiger partial charge >= 0.3 is 0 Å². The molecule has 0 radical (unpaired) electrons. The number of rotatable bonds is 1. The average molecular weight is 160 g/mol. The summed E-state index contributed by atoms with van der Waals surface area (Å²) in [7, 11) is 0. The van der Waals surface area contributed by atoms with Crippen LogP contribution in [0, 0.1) is 18.3 Å². The van der Waals surface area contributed by atoms with E-state index in [1.165, 1.54) is 0 Å². The topological polar surface area (TPSA) is 36.7 Å². The first-order chi connectivity index (χ1) is 5.58. The van der Waals surface area contributed by atoms with Crippen LogP contribution in [0.3, 0.4) is 0 Å². The van der Waals surface area contributed by atoms with Gasteiger partial charge in [0.15, 0.2) is 0 Å². The number of aryl methyl sites for hydroxylation is 1. The summed E-state index contributed by atoms with van der Waals surface area (Å²) in [6.45, 7) is 5.80. The summed E-state index contributed by atoms with van der Waals surface area (Å²) in [5, 5.41) is 8.90. The maximum atomic E-state index is 8.90. The van der Waals surface area contributed by atoms with Crippen molar-refractivity contribution in [1.29, 1.82) is 5.26 Å². The van der Waals surface area contributed by atoms with Crippen molar-refractivity contribution in [2.24, 2.45) is 0 Å². The molecule has 0 fully saturated rings. The summed E-state index contributed by atoms with van der Waals surface area (Å²) in [5.74, 6) is 0. The first-order valence-corrected chi connectivity index (χ1v) is 3.90. The summed E-state index contributed by atoms with van der Waals surface area (Å²) < 4.78 is 0. The van der Waals surface area contributed by atoms with Crippen molar-refractivity contribution in [3.05, 3.63) is 29.6 Å². The molecule has 2 nitrogen and oxygen atoms in total. The van der Waals surface area contributed by atoms with Crippen LogP contribution in [0.15, 0.2) is 18.5 Å². The summed E-state index contributed by atoms with van der Waals surface area (Å²) in [4.78, 5) is 3.98. The molecule has 0 aliphatic heterocycles. The molecule has 0 spiro atoms. The monoisotopic (exact) mass is 160 g/mol. The van der Waals surface area contributed by atoms with Gasteiger partial charge < -0.3 is 0 Å². The normalized spacial score (nSPS) is 10.8. The van der Waals surface area contributed by atoms with Crippen molar-refractivity contribution in [3.8, 4) is 6.07 Å². The number of hydrogen-bond donors (Lipinski definition) is 0. The summed E-state index contributed by atoms with van der Waals surface area (Å²) in [5.41, 5.74) is 1.72. The smallest absolute Gasteiger partial charge is 0.0769 e. The molecule has 62 valence electrons. The van der Waals surface area contributed by atoms with E-state index in [1.807, 2.05) is 26.8 Å². The van der Waals surface area contributed by atoms with Crippen LogP contribution in [-0.2, 0) is 5.41 Å². The molecule has 0 atom stereocenters. The SMILES string of the molecule is Cc1cnccc1C(C)(C)C#N. The number of nitriles is 1. The van der Waals surface area contributed by atoms with Gasteiger partial charge in [0.25, 0.3) is 0 Å². The van der Waals surface area contributed by atoms with E-state index >= 15 is 0 Å². The van der Waals surface area contributed by atoms with Crippen LogP contribution in [0.1, 0.15) is 25.0 Å². The molecule has 0 amide bonds. The molecule has 1 aromatic rings. The molecule has 0 unspecified atom stereocenters. The van der Waals surface area contributed by atoms with E-state index in [0.29, 0.717) is 0 Å². The zero-order valence-electron chi connectivity index (χ0n) is 7.63. The Morgan fingerprint density at radius 3 is 2.67 bits per heavy atom. The Labute approximate surface area is 72.9 Å². The zero-order chi connectivity index (χ0) is 9.19. The highest BCUT2D eigenvalue weighted by atomic mass is 14.6. The van der Waals surface area contributed by atoms with Crippen LogP contribution in [-0.4, -0.2) is 4.98 Å². The van der Waals surface area contributed by atoms with Crippen LogP contribution >= 0.6 is 0 Å². The molecule has 0 N–H and O–H groups in total. The third kappa shape index (κ3) is 1.45. The maximum absolute atomic E-state index is 8.90. The third-order valence-corrected chi connectivity index (χ3v) is 1.97. The van der Waals surface area contributed by atoms with E-state index in [-0.39, 0.29) is 0 Å². The van der Waals surface area contributed by atoms with Gasteiger partial charge in [-0.25, -0.2) is 0 Å². The number of nitrogens with zero attached hydrogens (tertiary/aromatic N) is 2. The molecule has 2 heteroatoms. The number of aromatic nitrogens is 1. The number of hydrogen-bond acceptors (Lipinski definition) is 2. The second kappa shape index (κ2) is 2.94. The molecule has 0 aromatic carbocycles. The van der Waals surface area contributed by atoms with E-state index in [2.05, 4.69) is 11.1 Å². The molecule has 0 aliphatic carbocycles. The Morgan fingerprint density at radius 2 is 2.17 bits per heavy atom. The molecule has 0 bridgehead atoms. The lowest BCUT2D eigenvalue weighted by atomic mass is 9.84. The van der Waals surface area contributed by atoms with Gasteiger partial charge in [-0.15, -0.1) is 0 Å². The highest BCUT2D eigenvalue weighted by Crippen LogP contribution is 2.23. The number of pyridine rings is 1. The molecule has 0 saturated heterocycles. The molecule has 0 saturated carbocycles. The van der Waals surface area contributed by atoms with Gasteiger partial charge in [-0.1, -0.05) is 0 Å². The molecule has 12 heavy (non-hydrogen) atoms. The lowest BCUT2D eigenvalue weighted by molar-refractivity contribution is 0.679. The fraction of sp³-hybridized carbons (Fsp3) is 0.400. The molecular weight excluding hydrogens is 148 g/mol. The van der Waals surface area contributed by atoms with Crippen molar-refractivity contribution in [2.75, 3.05) is 0 Å². The molecular formula is C10H12N2. The lowest BCUT2D eigenvalue weighted by Crippen LogP contribution is -2.15. The van der Waals surface area contributed by atoms with Crippen molar-refractivity contribution < 1.29 is 0 Å². The van der Waals surface area contributed by atoms with Crippen molar-refractivity contribution >= 4 is 0 Å². The predicted molar refractivity (Wildman–Crippen MR) is 47.6 cm³/mol. The highest BCUT2D eigenvalue weighted by Gasteiger charge is 2.21. The van der Waals surface area contributed by atoms with Gasteiger partial charge in [-0.05, 0) is 38.0 Å². The van der Waals surface area contributed by atoms with Crippen molar-refractivity contribution in [2.45, 2.75) is 26.2 Å². The van der Waals surface area contributed by atoms with E-state index in [1.54, 1.807) is 12.4 Å². The van der Waals surface area contributed by atoms with Gasteiger partial charge in [0.2, 0.25) is 0 Å². The summed E-state index contributed by atoms with van der Waals surface area (Å²) >= 11 is 0. The summed E-state index contributed by atoms with van der Waals surface area (Å²) in [6.07, 6.45) is 3.51. The van der Waals surface area contributed by atoms with Gasteiger partial charge in [-0.2, -0.15) is 5.26 Å². The van der Waals surface area contributed by atoms with Crippen LogP contribution in [0.4, 0.5) is 0 Å². The van der Waals surface area contributed by atoms with Crippen LogP contribution in [0.5, 0.6) is 0 Å². The minimum Gasteiger partial charge on any atom is -0.264 e. The fourth-order valence-corrected chi connectivity index (χ4v) is 1.23. The zero-order valence-corrected chi connectivity index (χ0v) is 7.63. The van der Waals surface area contributed by atoms with Crippen LogP contribution in [0.25, 0.3) is 0 Å². The predicted octanol–water partition coefficient (Wildman–Crippen LogP) is 2.19. The Kier molecular flexibility index (Phi) is 2.14. The average Bonchev–Trinajstić information content (AvgIpc) is 2.05. The van der Waals surface area contributed by atoms with E-state index < -0.39 is 5.41 Å². The van der Waals surface area contributed by atoms with Gasteiger partial charge in [0.05, 0.1) is 11.5 Å². The Bertz CT molecular complexity index is 321. The van der Waals surface area contributed by atoms with Gasteiger partial charge in [0.1, 0.15) is 0 Å². The van der Waals surface area contributed by atoms with Crippen molar-refractivity contribution in [3.63, 3.8) is 0 Å². The van der Waals surface area contributed by atoms with Gasteiger partial charge in [0, 0.05) is 12.4 Å². The molecule has 1 rings (SSSR count). The highest BCUT2D eigenvalue weighted by molar-refractivity contribution is 5.34. The maximum Gasteiger partial charge on any atom is 0.0769 e. The third-order valence-electron chi connectivity index (χ3n) is 1.97. The Balaban J connectivity index is 3.22. The van der Waals surface area contributed by atoms with Gasteiger partial charge in [-0.3, -0.25) is 4.98 Å². The lowest BCUT2D eigenvalue weighted by Gasteiger charge is -2.17. The second-order valence-electron chi connectivity index (χ2n) is 3.43.